The lowest BCUT2D eigenvalue weighted by molar-refractivity contribution is 0.386. The Balaban J connectivity index is 2.35. The normalized spacial score (nSPS) is 12.5. The smallest absolute Gasteiger partial charge is 0.165 e. The van der Waals surface area contributed by atoms with E-state index in [0.717, 1.165) is 14.9 Å². The molecule has 0 spiro atoms. The van der Waals surface area contributed by atoms with E-state index < -0.39 is 0 Å². The van der Waals surface area contributed by atoms with Crippen LogP contribution in [0.15, 0.2) is 34.1 Å². The monoisotopic (exact) mass is 378 g/mol. The Bertz CT molecular complexity index is 527. The molecule has 0 aliphatic heterocycles. The summed E-state index contributed by atoms with van der Waals surface area (Å²) in [5.74, 6) is -0.0826. The van der Waals surface area contributed by atoms with Crippen molar-refractivity contribution in [2.24, 2.45) is 0 Å². The maximum atomic E-state index is 13.6. The first-order valence-electron chi connectivity index (χ1n) is 4.84. The van der Waals surface area contributed by atoms with Gasteiger partial charge in [-0.15, -0.1) is 11.3 Å². The maximum absolute atomic E-state index is 13.6. The molecule has 0 saturated heterocycles. The minimum Gasteiger partial charge on any atom is -0.494 e. The summed E-state index contributed by atoms with van der Waals surface area (Å²) >= 11 is 8.67. The molecule has 0 amide bonds. The Morgan fingerprint density at radius 2 is 2.12 bits per heavy atom. The molecule has 1 heterocycles. The molecule has 1 nitrogen and oxygen atoms in total. The first-order chi connectivity index (χ1) is 8.13. The Hall–Kier alpha value is -0.390. The Morgan fingerprint density at radius 1 is 1.35 bits per heavy atom. The zero-order valence-corrected chi connectivity index (χ0v) is 12.9. The third-order valence-electron chi connectivity index (χ3n) is 2.34. The molecule has 1 atom stereocenters. The summed E-state index contributed by atoms with van der Waals surface area (Å²) in [6.45, 7) is 0. The van der Waals surface area contributed by atoms with Crippen molar-refractivity contribution in [1.29, 1.82) is 0 Å². The van der Waals surface area contributed by atoms with Crippen LogP contribution in [-0.2, 0) is 0 Å². The summed E-state index contributed by atoms with van der Waals surface area (Å²) in [6, 6.07) is 6.96. The Kier molecular flexibility index (Phi) is 4.22. The van der Waals surface area contributed by atoms with Gasteiger partial charge in [-0.1, -0.05) is 22.0 Å². The van der Waals surface area contributed by atoms with Crippen LogP contribution in [0.1, 0.15) is 15.3 Å². The van der Waals surface area contributed by atoms with Crippen LogP contribution in [0.3, 0.4) is 0 Å². The second-order valence-corrected chi connectivity index (χ2v) is 6.11. The molecule has 0 aliphatic carbocycles. The number of hydrogen-bond donors (Lipinski definition) is 0. The maximum Gasteiger partial charge on any atom is 0.165 e. The van der Waals surface area contributed by atoms with E-state index in [4.69, 9.17) is 4.74 Å². The summed E-state index contributed by atoms with van der Waals surface area (Å²) in [5.41, 5.74) is 0.867. The van der Waals surface area contributed by atoms with E-state index in [0.29, 0.717) is 0 Å². The molecule has 90 valence electrons. The van der Waals surface area contributed by atoms with Crippen molar-refractivity contribution in [3.05, 3.63) is 50.4 Å². The highest BCUT2D eigenvalue weighted by molar-refractivity contribution is 9.11. The summed E-state index contributed by atoms with van der Waals surface area (Å²) in [6.07, 6.45) is 0. The van der Waals surface area contributed by atoms with Crippen molar-refractivity contribution in [3.63, 3.8) is 0 Å². The van der Waals surface area contributed by atoms with E-state index in [1.807, 2.05) is 17.5 Å². The molecule has 0 fully saturated rings. The minimum absolute atomic E-state index is 0.0164. The van der Waals surface area contributed by atoms with Crippen molar-refractivity contribution in [2.75, 3.05) is 7.11 Å². The van der Waals surface area contributed by atoms with Crippen molar-refractivity contribution in [2.45, 2.75) is 4.83 Å². The quantitative estimate of drug-likeness (QED) is 0.670. The predicted octanol–water partition coefficient (Wildman–Crippen LogP) is 5.14. The standard InChI is InChI=1S/C12H9Br2FOS/c1-16-10-3-2-7(6-9(10)15)11(14)12-8(13)4-5-17-12/h2-6,11H,1H3. The molecule has 1 unspecified atom stereocenters. The molecule has 1 aromatic heterocycles. The van der Waals surface area contributed by atoms with Gasteiger partial charge in [0, 0.05) is 9.35 Å². The molecule has 0 bridgehead atoms. The molecular formula is C12H9Br2FOS. The molecule has 5 heteroatoms. The highest BCUT2D eigenvalue weighted by atomic mass is 79.9. The molecule has 0 saturated carbocycles. The van der Waals surface area contributed by atoms with Gasteiger partial charge in [0.25, 0.3) is 0 Å². The van der Waals surface area contributed by atoms with Crippen LogP contribution in [0.4, 0.5) is 4.39 Å². The summed E-state index contributed by atoms with van der Waals surface area (Å²) < 4.78 is 19.5. The zero-order chi connectivity index (χ0) is 12.4. The van der Waals surface area contributed by atoms with E-state index in [1.165, 1.54) is 13.2 Å². The van der Waals surface area contributed by atoms with Gasteiger partial charge in [-0.3, -0.25) is 0 Å². The molecule has 0 radical (unpaired) electrons. The lowest BCUT2D eigenvalue weighted by Crippen LogP contribution is -1.94. The fourth-order valence-electron chi connectivity index (χ4n) is 1.48. The first kappa shape index (κ1) is 13.1. The van der Waals surface area contributed by atoms with Gasteiger partial charge in [0.1, 0.15) is 0 Å². The number of ether oxygens (including phenoxy) is 1. The molecule has 17 heavy (non-hydrogen) atoms. The molecule has 0 aliphatic rings. The third-order valence-corrected chi connectivity index (χ3v) is 5.57. The largest absolute Gasteiger partial charge is 0.494 e. The SMILES string of the molecule is COc1ccc(C(Br)c2sccc2Br)cc1F. The Morgan fingerprint density at radius 3 is 2.65 bits per heavy atom. The summed E-state index contributed by atoms with van der Waals surface area (Å²) in [5, 5.41) is 1.99. The number of hydrogen-bond acceptors (Lipinski definition) is 2. The van der Waals surface area contributed by atoms with E-state index in [1.54, 1.807) is 17.4 Å². The van der Waals surface area contributed by atoms with Gasteiger partial charge in [0.15, 0.2) is 11.6 Å². The van der Waals surface area contributed by atoms with Crippen molar-refractivity contribution >= 4 is 43.2 Å². The van der Waals surface area contributed by atoms with Crippen molar-refractivity contribution in [3.8, 4) is 5.75 Å². The fourth-order valence-corrected chi connectivity index (χ4v) is 4.24. The van der Waals surface area contributed by atoms with Gasteiger partial charge in [-0.25, -0.2) is 4.39 Å². The van der Waals surface area contributed by atoms with Crippen LogP contribution in [0.5, 0.6) is 5.75 Å². The molecule has 1 aromatic carbocycles. The molecular weight excluding hydrogens is 371 g/mol. The van der Waals surface area contributed by atoms with Gasteiger partial charge in [0.2, 0.25) is 0 Å². The van der Waals surface area contributed by atoms with Crippen LogP contribution in [0.25, 0.3) is 0 Å². The predicted molar refractivity (Wildman–Crippen MR) is 75.7 cm³/mol. The number of thiophene rings is 1. The summed E-state index contributed by atoms with van der Waals surface area (Å²) in [4.78, 5) is 1.10. The second-order valence-electron chi connectivity index (χ2n) is 3.39. The van der Waals surface area contributed by atoms with Crippen LogP contribution in [0, 0.1) is 5.82 Å². The highest BCUT2D eigenvalue weighted by Gasteiger charge is 2.16. The van der Waals surface area contributed by atoms with Crippen molar-refractivity contribution < 1.29 is 9.13 Å². The number of halogens is 3. The zero-order valence-electron chi connectivity index (χ0n) is 8.91. The lowest BCUT2D eigenvalue weighted by Gasteiger charge is -2.10. The van der Waals surface area contributed by atoms with E-state index in [2.05, 4.69) is 31.9 Å². The molecule has 0 N–H and O–H groups in total. The first-order valence-corrected chi connectivity index (χ1v) is 7.42. The van der Waals surface area contributed by atoms with E-state index in [9.17, 15) is 4.39 Å². The van der Waals surface area contributed by atoms with Crippen LogP contribution < -0.4 is 4.74 Å². The van der Waals surface area contributed by atoms with Gasteiger partial charge in [0.05, 0.1) is 11.9 Å². The van der Waals surface area contributed by atoms with Crippen LogP contribution >= 0.6 is 43.2 Å². The number of benzene rings is 1. The summed E-state index contributed by atoms with van der Waals surface area (Å²) in [7, 11) is 1.46. The van der Waals surface area contributed by atoms with Crippen LogP contribution in [-0.4, -0.2) is 7.11 Å². The van der Waals surface area contributed by atoms with E-state index in [-0.39, 0.29) is 16.4 Å². The van der Waals surface area contributed by atoms with Gasteiger partial charge in [-0.05, 0) is 45.1 Å². The number of alkyl halides is 1. The average molecular weight is 380 g/mol. The molecule has 2 rings (SSSR count). The highest BCUT2D eigenvalue weighted by Crippen LogP contribution is 2.39. The topological polar surface area (TPSA) is 9.23 Å². The van der Waals surface area contributed by atoms with E-state index >= 15 is 0 Å². The Labute approximate surface area is 120 Å². The molecule has 2 aromatic rings. The number of methoxy groups -OCH3 is 1. The number of rotatable bonds is 3. The van der Waals surface area contributed by atoms with Gasteiger partial charge in [-0.2, -0.15) is 0 Å². The second kappa shape index (κ2) is 5.50. The van der Waals surface area contributed by atoms with Crippen molar-refractivity contribution in [1.82, 2.24) is 0 Å². The fraction of sp³-hybridized carbons (Fsp3) is 0.167. The van der Waals surface area contributed by atoms with Crippen LogP contribution in [0.2, 0.25) is 0 Å². The van der Waals surface area contributed by atoms with Gasteiger partial charge >= 0.3 is 0 Å². The lowest BCUT2D eigenvalue weighted by atomic mass is 10.1. The van der Waals surface area contributed by atoms with Gasteiger partial charge < -0.3 is 4.74 Å². The average Bonchev–Trinajstić information content (AvgIpc) is 2.74. The third kappa shape index (κ3) is 2.72. The minimum atomic E-state index is -0.345.